The van der Waals surface area contributed by atoms with Crippen LogP contribution >= 0.6 is 0 Å². The first-order valence-corrected chi connectivity index (χ1v) is 4.60. The molecule has 2 fully saturated rings. The number of hydrogen-bond donors (Lipinski definition) is 3. The second kappa shape index (κ2) is 3.09. The third-order valence-corrected chi connectivity index (χ3v) is 2.86. The average Bonchev–Trinajstić information content (AvgIpc) is 2.06. The molecule has 1 saturated carbocycles. The zero-order chi connectivity index (χ0) is 7.68. The minimum absolute atomic E-state index is 0.376. The van der Waals surface area contributed by atoms with Crippen molar-refractivity contribution in [1.82, 2.24) is 10.6 Å². The molecule has 0 aromatic rings. The van der Waals surface area contributed by atoms with E-state index in [9.17, 15) is 0 Å². The fourth-order valence-electron chi connectivity index (χ4n) is 2.25. The van der Waals surface area contributed by atoms with Gasteiger partial charge in [-0.3, -0.25) is 0 Å². The van der Waals surface area contributed by atoms with E-state index in [1.54, 1.807) is 0 Å². The first kappa shape index (κ1) is 7.53. The van der Waals surface area contributed by atoms with E-state index in [-0.39, 0.29) is 0 Å². The lowest BCUT2D eigenvalue weighted by molar-refractivity contribution is 0.224. The molecule has 0 amide bonds. The summed E-state index contributed by atoms with van der Waals surface area (Å²) >= 11 is 0. The zero-order valence-corrected chi connectivity index (χ0v) is 6.84. The molecule has 1 aliphatic heterocycles. The monoisotopic (exact) mass is 155 g/mol. The highest BCUT2D eigenvalue weighted by Gasteiger charge is 2.32. The van der Waals surface area contributed by atoms with Crippen molar-refractivity contribution >= 4 is 0 Å². The number of nitrogens with one attached hydrogen (secondary N) is 2. The Morgan fingerprint density at radius 3 is 2.73 bits per heavy atom. The molecule has 3 nitrogen and oxygen atoms in total. The van der Waals surface area contributed by atoms with Gasteiger partial charge in [0.15, 0.2) is 0 Å². The number of hydrogen-bond acceptors (Lipinski definition) is 3. The van der Waals surface area contributed by atoms with Crippen molar-refractivity contribution < 1.29 is 0 Å². The Labute approximate surface area is 67.7 Å². The molecule has 1 saturated heterocycles. The highest BCUT2D eigenvalue weighted by molar-refractivity contribution is 4.96. The van der Waals surface area contributed by atoms with E-state index >= 15 is 0 Å². The molecule has 1 aliphatic carbocycles. The summed E-state index contributed by atoms with van der Waals surface area (Å²) in [5.41, 5.74) is 5.99. The third kappa shape index (κ3) is 1.41. The maximum absolute atomic E-state index is 5.99. The SMILES string of the molecule is N[C@H]1CCC[C@@H]2NCCN[C@@H]21. The van der Waals surface area contributed by atoms with Crippen molar-refractivity contribution in [2.45, 2.75) is 37.4 Å². The Hall–Kier alpha value is -0.120. The van der Waals surface area contributed by atoms with Crippen LogP contribution in [-0.4, -0.2) is 31.2 Å². The summed E-state index contributed by atoms with van der Waals surface area (Å²) in [6.07, 6.45) is 3.78. The van der Waals surface area contributed by atoms with Gasteiger partial charge in [0.25, 0.3) is 0 Å². The van der Waals surface area contributed by atoms with Crippen molar-refractivity contribution in [3.63, 3.8) is 0 Å². The van der Waals surface area contributed by atoms with E-state index in [0.717, 1.165) is 13.1 Å². The summed E-state index contributed by atoms with van der Waals surface area (Å²) < 4.78 is 0. The Balaban J connectivity index is 1.99. The summed E-state index contributed by atoms with van der Waals surface area (Å²) in [4.78, 5) is 0. The van der Waals surface area contributed by atoms with Crippen LogP contribution < -0.4 is 16.4 Å². The zero-order valence-electron chi connectivity index (χ0n) is 6.84. The lowest BCUT2D eigenvalue weighted by atomic mass is 9.85. The van der Waals surface area contributed by atoms with Gasteiger partial charge in [-0.1, -0.05) is 6.42 Å². The minimum Gasteiger partial charge on any atom is -0.326 e. The molecule has 11 heavy (non-hydrogen) atoms. The Kier molecular flexibility index (Phi) is 2.11. The molecule has 4 N–H and O–H groups in total. The van der Waals surface area contributed by atoms with E-state index in [1.807, 2.05) is 0 Å². The van der Waals surface area contributed by atoms with E-state index in [0.29, 0.717) is 18.1 Å². The number of nitrogens with two attached hydrogens (primary N) is 1. The summed E-state index contributed by atoms with van der Waals surface area (Å²) in [5.74, 6) is 0. The van der Waals surface area contributed by atoms with Gasteiger partial charge in [-0.05, 0) is 12.8 Å². The molecule has 1 heterocycles. The molecule has 0 aromatic heterocycles. The van der Waals surface area contributed by atoms with Crippen LogP contribution in [-0.2, 0) is 0 Å². The van der Waals surface area contributed by atoms with Crippen LogP contribution in [0.3, 0.4) is 0 Å². The molecule has 64 valence electrons. The van der Waals surface area contributed by atoms with Crippen molar-refractivity contribution in [1.29, 1.82) is 0 Å². The van der Waals surface area contributed by atoms with Crippen LogP contribution in [0.4, 0.5) is 0 Å². The van der Waals surface area contributed by atoms with Gasteiger partial charge in [0.05, 0.1) is 0 Å². The maximum Gasteiger partial charge on any atom is 0.0373 e. The Morgan fingerprint density at radius 2 is 1.91 bits per heavy atom. The Morgan fingerprint density at radius 1 is 1.09 bits per heavy atom. The molecule has 3 atom stereocenters. The predicted molar refractivity (Wildman–Crippen MR) is 45.4 cm³/mol. The molecule has 0 aromatic carbocycles. The van der Waals surface area contributed by atoms with Crippen molar-refractivity contribution in [3.8, 4) is 0 Å². The van der Waals surface area contributed by atoms with Gasteiger partial charge in [0.2, 0.25) is 0 Å². The second-order valence-electron chi connectivity index (χ2n) is 3.64. The van der Waals surface area contributed by atoms with Gasteiger partial charge in [-0.25, -0.2) is 0 Å². The fourth-order valence-corrected chi connectivity index (χ4v) is 2.25. The first-order chi connectivity index (χ1) is 5.38. The van der Waals surface area contributed by atoms with Crippen LogP contribution in [0, 0.1) is 0 Å². The van der Waals surface area contributed by atoms with Crippen LogP contribution in [0.2, 0.25) is 0 Å². The van der Waals surface area contributed by atoms with Crippen LogP contribution in [0.15, 0.2) is 0 Å². The molecular weight excluding hydrogens is 138 g/mol. The van der Waals surface area contributed by atoms with Gasteiger partial charge in [-0.15, -0.1) is 0 Å². The van der Waals surface area contributed by atoms with Gasteiger partial charge >= 0.3 is 0 Å². The molecule has 2 aliphatic rings. The smallest absolute Gasteiger partial charge is 0.0373 e. The third-order valence-electron chi connectivity index (χ3n) is 2.86. The molecule has 0 spiro atoms. The summed E-state index contributed by atoms with van der Waals surface area (Å²) in [7, 11) is 0. The molecule has 0 bridgehead atoms. The minimum atomic E-state index is 0.376. The lowest BCUT2D eigenvalue weighted by Crippen LogP contribution is -2.64. The van der Waals surface area contributed by atoms with Gasteiger partial charge in [0, 0.05) is 31.2 Å². The largest absolute Gasteiger partial charge is 0.326 e. The van der Waals surface area contributed by atoms with E-state index < -0.39 is 0 Å². The average molecular weight is 155 g/mol. The van der Waals surface area contributed by atoms with Crippen LogP contribution in [0.5, 0.6) is 0 Å². The summed E-state index contributed by atoms with van der Waals surface area (Å²) in [5, 5.41) is 6.99. The number of fused-ring (bicyclic) bond motifs is 1. The first-order valence-electron chi connectivity index (χ1n) is 4.60. The maximum atomic E-state index is 5.99. The number of rotatable bonds is 0. The van der Waals surface area contributed by atoms with E-state index in [1.165, 1.54) is 19.3 Å². The van der Waals surface area contributed by atoms with E-state index in [4.69, 9.17) is 5.73 Å². The summed E-state index contributed by atoms with van der Waals surface area (Å²) in [6.45, 7) is 2.18. The molecular formula is C8H17N3. The molecule has 0 unspecified atom stereocenters. The fraction of sp³-hybridized carbons (Fsp3) is 1.00. The quantitative estimate of drug-likeness (QED) is 0.439. The highest BCUT2D eigenvalue weighted by atomic mass is 15.1. The molecule has 3 heteroatoms. The molecule has 2 rings (SSSR count). The second-order valence-corrected chi connectivity index (χ2v) is 3.64. The number of piperazine rings is 1. The lowest BCUT2D eigenvalue weighted by Gasteiger charge is -2.40. The molecule has 0 radical (unpaired) electrons. The predicted octanol–water partition coefficient (Wildman–Crippen LogP) is -0.572. The normalized spacial score (nSPS) is 45.0. The van der Waals surface area contributed by atoms with Crippen molar-refractivity contribution in [2.75, 3.05) is 13.1 Å². The van der Waals surface area contributed by atoms with Crippen LogP contribution in [0.1, 0.15) is 19.3 Å². The van der Waals surface area contributed by atoms with E-state index in [2.05, 4.69) is 10.6 Å². The Bertz CT molecular complexity index is 135. The van der Waals surface area contributed by atoms with Gasteiger partial charge < -0.3 is 16.4 Å². The van der Waals surface area contributed by atoms with Gasteiger partial charge in [0.1, 0.15) is 0 Å². The topological polar surface area (TPSA) is 50.1 Å². The van der Waals surface area contributed by atoms with Crippen LogP contribution in [0.25, 0.3) is 0 Å². The summed E-state index contributed by atoms with van der Waals surface area (Å²) in [6, 6.07) is 1.56. The van der Waals surface area contributed by atoms with Crippen molar-refractivity contribution in [2.24, 2.45) is 5.73 Å². The van der Waals surface area contributed by atoms with Gasteiger partial charge in [-0.2, -0.15) is 0 Å². The highest BCUT2D eigenvalue weighted by Crippen LogP contribution is 2.18. The standard InChI is InChI=1S/C8H17N3/c9-6-2-1-3-7-8(6)11-5-4-10-7/h6-8,10-11H,1-5,9H2/t6-,7-,8+/m0/s1. The van der Waals surface area contributed by atoms with Crippen molar-refractivity contribution in [3.05, 3.63) is 0 Å².